The molecule has 26 heavy (non-hydrogen) atoms. The van der Waals surface area contributed by atoms with Crippen molar-refractivity contribution in [3.63, 3.8) is 0 Å². The van der Waals surface area contributed by atoms with E-state index in [2.05, 4.69) is 23.3 Å². The third-order valence-corrected chi connectivity index (χ3v) is 4.57. The van der Waals surface area contributed by atoms with Crippen molar-refractivity contribution in [2.75, 3.05) is 6.61 Å². The summed E-state index contributed by atoms with van der Waals surface area (Å²) in [5.74, 6) is 1.39. The first-order chi connectivity index (χ1) is 12.6. The molecule has 3 N–H and O–H groups in total. The summed E-state index contributed by atoms with van der Waals surface area (Å²) in [6, 6.07) is 10.8. The molecule has 1 unspecified atom stereocenters. The lowest BCUT2D eigenvalue weighted by atomic mass is 9.80. The number of nitrogens with two attached hydrogens (primary N) is 1. The van der Waals surface area contributed by atoms with Crippen LogP contribution >= 0.6 is 0 Å². The Morgan fingerprint density at radius 3 is 2.62 bits per heavy atom. The van der Waals surface area contributed by atoms with Crippen LogP contribution in [0.2, 0.25) is 0 Å². The number of amidine groups is 1. The van der Waals surface area contributed by atoms with Crippen molar-refractivity contribution in [2.24, 2.45) is 15.7 Å². The zero-order chi connectivity index (χ0) is 18.3. The van der Waals surface area contributed by atoms with Gasteiger partial charge in [-0.05, 0) is 48.2 Å². The maximum Gasteiger partial charge on any atom is 0.283 e. The lowest BCUT2D eigenvalue weighted by Crippen LogP contribution is -2.31. The van der Waals surface area contributed by atoms with Crippen molar-refractivity contribution in [3.05, 3.63) is 71.9 Å². The molecule has 0 radical (unpaired) electrons. The average Bonchev–Trinajstić information content (AvgIpc) is 3.03. The van der Waals surface area contributed by atoms with E-state index in [4.69, 9.17) is 15.2 Å². The number of hydrogen-bond acceptors (Lipinski definition) is 6. The number of aliphatic imine (C=N–C) groups is 2. The van der Waals surface area contributed by atoms with E-state index in [0.29, 0.717) is 17.1 Å². The summed E-state index contributed by atoms with van der Waals surface area (Å²) < 4.78 is 11.5. The van der Waals surface area contributed by atoms with Gasteiger partial charge in [-0.3, -0.25) is 4.99 Å². The Labute approximate surface area is 150 Å². The summed E-state index contributed by atoms with van der Waals surface area (Å²) in [6.07, 6.45) is 3.34. The van der Waals surface area contributed by atoms with Crippen LogP contribution in [0, 0.1) is 0 Å². The van der Waals surface area contributed by atoms with E-state index in [1.54, 1.807) is 30.5 Å². The van der Waals surface area contributed by atoms with Gasteiger partial charge >= 0.3 is 0 Å². The van der Waals surface area contributed by atoms with Crippen molar-refractivity contribution in [1.29, 1.82) is 0 Å². The molecule has 6 nitrogen and oxygen atoms in total. The van der Waals surface area contributed by atoms with Gasteiger partial charge in [-0.15, -0.1) is 0 Å². The number of hydrogen-bond donors (Lipinski definition) is 2. The number of phenols is 1. The van der Waals surface area contributed by atoms with Gasteiger partial charge in [0.25, 0.3) is 6.02 Å². The second-order valence-electron chi connectivity index (χ2n) is 6.06. The Morgan fingerprint density at radius 2 is 1.96 bits per heavy atom. The lowest BCUT2D eigenvalue weighted by Gasteiger charge is -2.33. The summed E-state index contributed by atoms with van der Waals surface area (Å²) in [6.45, 7) is 7.54. The molecule has 1 spiro atoms. The number of allylic oxidation sites excluding steroid dienone is 2. The molecular weight excluding hydrogens is 330 g/mol. The monoisotopic (exact) mass is 347 g/mol. The number of benzene rings is 2. The van der Waals surface area contributed by atoms with Crippen LogP contribution < -0.4 is 10.5 Å². The topological polar surface area (TPSA) is 89.4 Å². The van der Waals surface area contributed by atoms with Crippen molar-refractivity contribution in [1.82, 2.24) is 0 Å². The zero-order valence-corrected chi connectivity index (χ0v) is 14.0. The van der Waals surface area contributed by atoms with Crippen LogP contribution in [0.1, 0.15) is 16.7 Å². The summed E-state index contributed by atoms with van der Waals surface area (Å²) in [5.41, 5.74) is 8.16. The number of nitrogens with zero attached hydrogens (tertiary/aromatic N) is 2. The molecule has 0 aliphatic carbocycles. The Hall–Kier alpha value is -3.54. The SMILES string of the molecule is C=CC(=CN=C)c1ccc2c(c1)C1(COC(N)=N1)c1cc(O)ccc1O2. The highest BCUT2D eigenvalue weighted by Gasteiger charge is 2.47. The van der Waals surface area contributed by atoms with Crippen LogP contribution in [0.4, 0.5) is 0 Å². The van der Waals surface area contributed by atoms with Gasteiger partial charge in [-0.2, -0.15) is 0 Å². The van der Waals surface area contributed by atoms with Gasteiger partial charge in [0, 0.05) is 17.3 Å². The molecule has 2 heterocycles. The zero-order valence-electron chi connectivity index (χ0n) is 14.0. The smallest absolute Gasteiger partial charge is 0.283 e. The predicted molar refractivity (Wildman–Crippen MR) is 101 cm³/mol. The van der Waals surface area contributed by atoms with Crippen molar-refractivity contribution < 1.29 is 14.6 Å². The maximum atomic E-state index is 9.98. The van der Waals surface area contributed by atoms with Crippen LogP contribution in [-0.4, -0.2) is 24.5 Å². The van der Waals surface area contributed by atoms with Crippen LogP contribution in [0.25, 0.3) is 5.57 Å². The standard InChI is InChI=1S/C20H17N3O3/c1-3-12(10-22-2)13-4-6-17-15(8-13)20(11-25-19(21)23-20)16-9-14(24)5-7-18(16)26-17/h3-10,24H,1-2,11H2,(H2,21,23). The Bertz CT molecular complexity index is 994. The van der Waals surface area contributed by atoms with Crippen molar-refractivity contribution >= 4 is 18.3 Å². The number of ether oxygens (including phenoxy) is 2. The highest BCUT2D eigenvalue weighted by atomic mass is 16.5. The van der Waals surface area contributed by atoms with Gasteiger partial charge in [0.1, 0.15) is 23.9 Å². The number of aromatic hydroxyl groups is 1. The average molecular weight is 347 g/mol. The fraction of sp³-hybridized carbons (Fsp3) is 0.100. The molecule has 0 saturated carbocycles. The van der Waals surface area contributed by atoms with Gasteiger partial charge < -0.3 is 20.3 Å². The highest BCUT2D eigenvalue weighted by molar-refractivity contribution is 5.79. The first-order valence-corrected chi connectivity index (χ1v) is 8.00. The van der Waals surface area contributed by atoms with Gasteiger partial charge in [-0.1, -0.05) is 18.7 Å². The molecule has 2 aromatic carbocycles. The summed E-state index contributed by atoms with van der Waals surface area (Å²) in [4.78, 5) is 8.40. The maximum absolute atomic E-state index is 9.98. The molecule has 130 valence electrons. The summed E-state index contributed by atoms with van der Waals surface area (Å²) in [5, 5.41) is 9.98. The number of fused-ring (bicyclic) bond motifs is 4. The van der Waals surface area contributed by atoms with E-state index in [1.807, 2.05) is 18.2 Å². The molecule has 4 rings (SSSR count). The van der Waals surface area contributed by atoms with E-state index in [0.717, 1.165) is 16.7 Å². The Kier molecular flexibility index (Phi) is 3.54. The molecule has 0 aromatic heterocycles. The van der Waals surface area contributed by atoms with Crippen LogP contribution in [0.15, 0.2) is 65.2 Å². The lowest BCUT2D eigenvalue weighted by molar-refractivity contribution is 0.264. The van der Waals surface area contributed by atoms with Crippen LogP contribution in [-0.2, 0) is 10.3 Å². The Balaban J connectivity index is 1.97. The third kappa shape index (κ3) is 2.27. The van der Waals surface area contributed by atoms with Crippen LogP contribution in [0.3, 0.4) is 0 Å². The molecule has 0 fully saturated rings. The predicted octanol–water partition coefficient (Wildman–Crippen LogP) is 3.31. The molecule has 6 heteroatoms. The quantitative estimate of drug-likeness (QED) is 0.658. The minimum atomic E-state index is -0.879. The fourth-order valence-electron chi connectivity index (χ4n) is 3.37. The van der Waals surface area contributed by atoms with E-state index in [-0.39, 0.29) is 18.4 Å². The largest absolute Gasteiger partial charge is 0.508 e. The van der Waals surface area contributed by atoms with Gasteiger partial charge in [0.2, 0.25) is 0 Å². The third-order valence-electron chi connectivity index (χ3n) is 4.57. The van der Waals surface area contributed by atoms with Gasteiger partial charge in [0.15, 0.2) is 5.54 Å². The summed E-state index contributed by atoms with van der Waals surface area (Å²) in [7, 11) is 0. The highest BCUT2D eigenvalue weighted by Crippen LogP contribution is 2.52. The second-order valence-corrected chi connectivity index (χ2v) is 6.06. The van der Waals surface area contributed by atoms with Gasteiger partial charge in [-0.25, -0.2) is 4.99 Å². The Morgan fingerprint density at radius 1 is 1.23 bits per heavy atom. The minimum absolute atomic E-state index is 0.102. The molecule has 0 bridgehead atoms. The van der Waals surface area contributed by atoms with E-state index in [9.17, 15) is 5.11 Å². The molecule has 2 aliphatic heterocycles. The molecule has 0 amide bonds. The molecule has 2 aliphatic rings. The molecule has 1 atom stereocenters. The molecule has 2 aromatic rings. The van der Waals surface area contributed by atoms with Crippen molar-refractivity contribution in [2.45, 2.75) is 5.54 Å². The number of phenolic OH excluding ortho intramolecular Hbond substituents is 1. The summed E-state index contributed by atoms with van der Waals surface area (Å²) >= 11 is 0. The number of rotatable bonds is 3. The van der Waals surface area contributed by atoms with E-state index < -0.39 is 5.54 Å². The van der Waals surface area contributed by atoms with E-state index in [1.165, 1.54) is 0 Å². The van der Waals surface area contributed by atoms with Crippen LogP contribution in [0.5, 0.6) is 17.2 Å². The first-order valence-electron chi connectivity index (χ1n) is 8.00. The normalized spacial score (nSPS) is 20.5. The fourth-order valence-corrected chi connectivity index (χ4v) is 3.37. The van der Waals surface area contributed by atoms with Crippen molar-refractivity contribution in [3.8, 4) is 17.2 Å². The first kappa shape index (κ1) is 16.0. The molecule has 0 saturated heterocycles. The van der Waals surface area contributed by atoms with E-state index >= 15 is 0 Å². The minimum Gasteiger partial charge on any atom is -0.508 e. The molecular formula is C20H17N3O3. The second kappa shape index (κ2) is 5.77. The van der Waals surface area contributed by atoms with Gasteiger partial charge in [0.05, 0.1) is 0 Å².